The molecule has 0 amide bonds. The third-order valence-corrected chi connectivity index (χ3v) is 2.59. The van der Waals surface area contributed by atoms with Crippen LogP contribution in [-0.4, -0.2) is 11.4 Å². The van der Waals surface area contributed by atoms with Gasteiger partial charge in [0.25, 0.3) is 0 Å². The predicted molar refractivity (Wildman–Crippen MR) is 69.5 cm³/mol. The van der Waals surface area contributed by atoms with E-state index in [1.54, 1.807) is 24.3 Å². The highest BCUT2D eigenvalue weighted by Crippen LogP contribution is 2.32. The van der Waals surface area contributed by atoms with Crippen molar-refractivity contribution in [1.82, 2.24) is 0 Å². The van der Waals surface area contributed by atoms with Gasteiger partial charge in [0.15, 0.2) is 11.5 Å². The summed E-state index contributed by atoms with van der Waals surface area (Å²) in [5.41, 5.74) is 1.54. The highest BCUT2D eigenvalue weighted by atomic mass is 16.5. The molecule has 4 nitrogen and oxygen atoms in total. The van der Waals surface area contributed by atoms with Crippen molar-refractivity contribution in [3.05, 3.63) is 53.1 Å². The lowest BCUT2D eigenvalue weighted by atomic mass is 10.1. The summed E-state index contributed by atoms with van der Waals surface area (Å²) < 4.78 is 5.50. The summed E-state index contributed by atoms with van der Waals surface area (Å²) in [6.07, 6.45) is 0.661. The first-order valence-electron chi connectivity index (χ1n) is 5.61. The minimum atomic E-state index is 0.00311. The van der Waals surface area contributed by atoms with Crippen molar-refractivity contribution in [1.29, 1.82) is 5.26 Å². The second kappa shape index (κ2) is 5.23. The molecule has 4 heteroatoms. The molecule has 0 fully saturated rings. The lowest BCUT2D eigenvalue weighted by Gasteiger charge is -2.09. The molecule has 1 N–H and O–H groups in total. The molecular formula is C15H11NO3. The Morgan fingerprint density at radius 3 is 2.58 bits per heavy atom. The van der Waals surface area contributed by atoms with Crippen LogP contribution >= 0.6 is 0 Å². The Morgan fingerprint density at radius 1 is 1.21 bits per heavy atom. The second-order valence-electron chi connectivity index (χ2n) is 4.06. The summed E-state index contributed by atoms with van der Waals surface area (Å²) >= 11 is 0. The van der Waals surface area contributed by atoms with E-state index in [2.05, 4.69) is 0 Å². The van der Waals surface area contributed by atoms with Crippen molar-refractivity contribution in [3.63, 3.8) is 0 Å². The lowest BCUT2D eigenvalue weighted by Crippen LogP contribution is -1.91. The van der Waals surface area contributed by atoms with Gasteiger partial charge in [-0.05, 0) is 42.8 Å². The number of hydrogen-bond acceptors (Lipinski definition) is 4. The Kier molecular flexibility index (Phi) is 3.48. The van der Waals surface area contributed by atoms with Gasteiger partial charge in [0.05, 0.1) is 5.56 Å². The summed E-state index contributed by atoms with van der Waals surface area (Å²) in [6.45, 7) is 1.85. The molecule has 2 aromatic carbocycles. The molecule has 0 saturated heterocycles. The zero-order valence-corrected chi connectivity index (χ0v) is 10.3. The van der Waals surface area contributed by atoms with E-state index < -0.39 is 0 Å². The second-order valence-corrected chi connectivity index (χ2v) is 4.06. The number of nitriles is 1. The molecule has 0 radical (unpaired) electrons. The fraction of sp³-hybridized carbons (Fsp3) is 0.0667. The smallest absolute Gasteiger partial charge is 0.169 e. The molecule has 0 bridgehead atoms. The molecule has 94 valence electrons. The van der Waals surface area contributed by atoms with E-state index in [1.165, 1.54) is 12.1 Å². The molecule has 0 heterocycles. The van der Waals surface area contributed by atoms with Crippen LogP contribution in [0.4, 0.5) is 0 Å². The minimum Gasteiger partial charge on any atom is -0.504 e. The van der Waals surface area contributed by atoms with Crippen molar-refractivity contribution < 1.29 is 14.6 Å². The fourth-order valence-electron chi connectivity index (χ4n) is 1.63. The number of phenolic OH excluding ortho intramolecular Hbond substituents is 1. The number of aromatic hydroxyl groups is 1. The van der Waals surface area contributed by atoms with Crippen LogP contribution < -0.4 is 4.74 Å². The van der Waals surface area contributed by atoms with Gasteiger partial charge in [-0.1, -0.05) is 6.07 Å². The highest BCUT2D eigenvalue weighted by Gasteiger charge is 2.09. The molecule has 0 saturated carbocycles. The van der Waals surface area contributed by atoms with Crippen molar-refractivity contribution in [2.24, 2.45) is 0 Å². The lowest BCUT2D eigenvalue weighted by molar-refractivity contribution is 0.112. The van der Waals surface area contributed by atoms with E-state index in [4.69, 9.17) is 10.00 Å². The van der Waals surface area contributed by atoms with Crippen molar-refractivity contribution in [3.8, 4) is 23.3 Å². The van der Waals surface area contributed by atoms with Gasteiger partial charge >= 0.3 is 0 Å². The van der Waals surface area contributed by atoms with Crippen LogP contribution in [0.2, 0.25) is 0 Å². The van der Waals surface area contributed by atoms with Gasteiger partial charge in [-0.15, -0.1) is 0 Å². The van der Waals surface area contributed by atoms with E-state index in [0.29, 0.717) is 17.6 Å². The van der Waals surface area contributed by atoms with E-state index in [9.17, 15) is 9.90 Å². The fourth-order valence-corrected chi connectivity index (χ4v) is 1.63. The summed E-state index contributed by atoms with van der Waals surface area (Å²) in [7, 11) is 0. The summed E-state index contributed by atoms with van der Waals surface area (Å²) in [6, 6.07) is 11.5. The quantitative estimate of drug-likeness (QED) is 0.853. The van der Waals surface area contributed by atoms with Crippen LogP contribution in [0.25, 0.3) is 0 Å². The molecule has 0 aromatic heterocycles. The van der Waals surface area contributed by atoms with E-state index in [-0.39, 0.29) is 17.1 Å². The normalized spacial score (nSPS) is 9.68. The van der Waals surface area contributed by atoms with Crippen LogP contribution in [0.1, 0.15) is 21.5 Å². The zero-order valence-electron chi connectivity index (χ0n) is 10.3. The average Bonchev–Trinajstić information content (AvgIpc) is 2.42. The van der Waals surface area contributed by atoms with Crippen LogP contribution in [-0.2, 0) is 0 Å². The number of carbonyl (C=O) groups is 1. The maximum atomic E-state index is 10.6. The Hall–Kier alpha value is -2.80. The minimum absolute atomic E-state index is 0.00311. The third-order valence-electron chi connectivity index (χ3n) is 2.59. The van der Waals surface area contributed by atoms with Crippen molar-refractivity contribution >= 4 is 6.29 Å². The predicted octanol–water partition coefficient (Wildman–Crippen LogP) is 3.18. The van der Waals surface area contributed by atoms with Gasteiger partial charge in [0.1, 0.15) is 18.1 Å². The molecule has 0 aliphatic rings. The molecule has 0 aliphatic carbocycles. The number of aldehydes is 1. The van der Waals surface area contributed by atoms with Crippen LogP contribution in [0.3, 0.4) is 0 Å². The molecule has 0 aliphatic heterocycles. The molecule has 0 unspecified atom stereocenters. The largest absolute Gasteiger partial charge is 0.504 e. The van der Waals surface area contributed by atoms with Gasteiger partial charge in [0.2, 0.25) is 0 Å². The number of benzene rings is 2. The monoisotopic (exact) mass is 253 g/mol. The van der Waals surface area contributed by atoms with E-state index >= 15 is 0 Å². The maximum Gasteiger partial charge on any atom is 0.169 e. The first kappa shape index (κ1) is 12.7. The molecular weight excluding hydrogens is 242 g/mol. The average molecular weight is 253 g/mol. The maximum absolute atomic E-state index is 10.6. The summed E-state index contributed by atoms with van der Waals surface area (Å²) in [4.78, 5) is 10.6. The number of carbonyl (C=O) groups excluding carboxylic acids is 1. The van der Waals surface area contributed by atoms with E-state index in [0.717, 1.165) is 5.56 Å². The highest BCUT2D eigenvalue weighted by molar-refractivity contribution is 5.76. The zero-order chi connectivity index (χ0) is 13.8. The third kappa shape index (κ3) is 2.72. The Bertz CT molecular complexity index is 672. The van der Waals surface area contributed by atoms with Crippen LogP contribution in [0.5, 0.6) is 17.2 Å². The summed E-state index contributed by atoms with van der Waals surface area (Å²) in [5.74, 6) is 0.566. The number of rotatable bonds is 3. The number of hydrogen-bond donors (Lipinski definition) is 1. The van der Waals surface area contributed by atoms with Gasteiger partial charge < -0.3 is 9.84 Å². The van der Waals surface area contributed by atoms with Crippen molar-refractivity contribution in [2.45, 2.75) is 6.92 Å². The first-order chi connectivity index (χ1) is 9.13. The molecule has 2 aromatic rings. The molecule has 0 atom stereocenters. The Morgan fingerprint density at radius 2 is 1.95 bits per heavy atom. The number of aryl methyl sites for hydroxylation is 1. The van der Waals surface area contributed by atoms with Gasteiger partial charge in [0, 0.05) is 5.56 Å². The van der Waals surface area contributed by atoms with Crippen LogP contribution in [0.15, 0.2) is 36.4 Å². The SMILES string of the molecule is Cc1ccc(Oc2ccc(C=O)cc2C#N)c(O)c1. The van der Waals surface area contributed by atoms with Gasteiger partial charge in [-0.2, -0.15) is 5.26 Å². The number of phenols is 1. The van der Waals surface area contributed by atoms with Gasteiger partial charge in [-0.25, -0.2) is 0 Å². The Labute approximate surface area is 110 Å². The van der Waals surface area contributed by atoms with Crippen LogP contribution in [0, 0.1) is 18.3 Å². The molecule has 19 heavy (non-hydrogen) atoms. The number of nitrogens with zero attached hydrogens (tertiary/aromatic N) is 1. The van der Waals surface area contributed by atoms with E-state index in [1.807, 2.05) is 13.0 Å². The number of ether oxygens (including phenoxy) is 1. The Balaban J connectivity index is 2.38. The molecule has 2 rings (SSSR count). The topological polar surface area (TPSA) is 70.3 Å². The van der Waals surface area contributed by atoms with Gasteiger partial charge in [-0.3, -0.25) is 4.79 Å². The summed E-state index contributed by atoms with van der Waals surface area (Å²) in [5, 5.41) is 18.8. The molecule has 0 spiro atoms. The van der Waals surface area contributed by atoms with Crippen molar-refractivity contribution in [2.75, 3.05) is 0 Å². The standard InChI is InChI=1S/C15H11NO3/c1-10-2-4-15(13(18)6-10)19-14-5-3-11(9-17)7-12(14)8-16/h2-7,9,18H,1H3. The first-order valence-corrected chi connectivity index (χ1v) is 5.61.